The topological polar surface area (TPSA) is 105 Å². The molecule has 2 N–H and O–H groups in total. The number of carbonyl (C=O) groups excluding carboxylic acids is 4. The number of ether oxygens (including phenoxy) is 1. The lowest BCUT2D eigenvalue weighted by Crippen LogP contribution is -2.47. The molecule has 0 fully saturated rings. The van der Waals surface area contributed by atoms with Crippen LogP contribution in [0.2, 0.25) is 0 Å². The molecule has 0 aliphatic carbocycles. The SMILES string of the molecule is C[C@H](OC(=O)CNC(=O)Cc1ccccc1)C(=O)N1CC(=O)Nc2ccccc21. The lowest BCUT2D eigenvalue weighted by Gasteiger charge is -2.30. The summed E-state index contributed by atoms with van der Waals surface area (Å²) in [6, 6.07) is 16.0. The van der Waals surface area contributed by atoms with Crippen LogP contribution in [-0.2, 0) is 30.3 Å². The maximum Gasteiger partial charge on any atom is 0.326 e. The number of fused-ring (bicyclic) bond motifs is 1. The number of carbonyl (C=O) groups is 4. The largest absolute Gasteiger partial charge is 0.451 e. The minimum absolute atomic E-state index is 0.141. The van der Waals surface area contributed by atoms with Crippen LogP contribution in [0.5, 0.6) is 0 Å². The number of amides is 3. The van der Waals surface area contributed by atoms with Gasteiger partial charge in [0.05, 0.1) is 17.8 Å². The Kier molecular flexibility index (Phi) is 6.23. The maximum absolute atomic E-state index is 12.7. The van der Waals surface area contributed by atoms with E-state index in [1.165, 1.54) is 11.8 Å². The van der Waals surface area contributed by atoms with Crippen molar-refractivity contribution in [3.8, 4) is 0 Å². The summed E-state index contributed by atoms with van der Waals surface area (Å²) >= 11 is 0. The van der Waals surface area contributed by atoms with Crippen LogP contribution in [0.25, 0.3) is 0 Å². The van der Waals surface area contributed by atoms with Crippen molar-refractivity contribution in [2.75, 3.05) is 23.3 Å². The van der Waals surface area contributed by atoms with Gasteiger partial charge in [0, 0.05) is 0 Å². The Morgan fingerprint density at radius 3 is 2.55 bits per heavy atom. The van der Waals surface area contributed by atoms with Gasteiger partial charge in [0.1, 0.15) is 13.1 Å². The van der Waals surface area contributed by atoms with E-state index in [4.69, 9.17) is 4.74 Å². The lowest BCUT2D eigenvalue weighted by atomic mass is 10.1. The van der Waals surface area contributed by atoms with E-state index >= 15 is 0 Å². The molecule has 1 aliphatic rings. The van der Waals surface area contributed by atoms with Gasteiger partial charge in [-0.2, -0.15) is 0 Å². The molecule has 0 spiro atoms. The lowest BCUT2D eigenvalue weighted by molar-refractivity contribution is -0.153. The number of nitrogens with zero attached hydrogens (tertiary/aromatic N) is 1. The first kappa shape index (κ1) is 20.1. The molecule has 8 heteroatoms. The van der Waals surface area contributed by atoms with Crippen molar-refractivity contribution in [3.63, 3.8) is 0 Å². The van der Waals surface area contributed by atoms with E-state index in [9.17, 15) is 19.2 Å². The van der Waals surface area contributed by atoms with Crippen molar-refractivity contribution in [2.45, 2.75) is 19.4 Å². The summed E-state index contributed by atoms with van der Waals surface area (Å²) in [5.74, 6) is -1.91. The smallest absolute Gasteiger partial charge is 0.326 e. The second-order valence-corrected chi connectivity index (χ2v) is 6.56. The van der Waals surface area contributed by atoms with Gasteiger partial charge in [-0.3, -0.25) is 24.1 Å². The number of rotatable bonds is 6. The van der Waals surface area contributed by atoms with E-state index in [0.29, 0.717) is 11.4 Å². The van der Waals surface area contributed by atoms with Crippen LogP contribution in [0.4, 0.5) is 11.4 Å². The van der Waals surface area contributed by atoms with Crippen molar-refractivity contribution < 1.29 is 23.9 Å². The molecule has 1 heterocycles. The quantitative estimate of drug-likeness (QED) is 0.717. The summed E-state index contributed by atoms with van der Waals surface area (Å²) in [5.41, 5.74) is 1.88. The second kappa shape index (κ2) is 9.01. The van der Waals surface area contributed by atoms with Crippen LogP contribution in [0.1, 0.15) is 12.5 Å². The third-order valence-corrected chi connectivity index (χ3v) is 4.33. The molecule has 2 aromatic rings. The highest BCUT2D eigenvalue weighted by atomic mass is 16.5. The Morgan fingerprint density at radius 1 is 1.10 bits per heavy atom. The molecule has 29 heavy (non-hydrogen) atoms. The van der Waals surface area contributed by atoms with Gasteiger partial charge in [0.25, 0.3) is 5.91 Å². The van der Waals surface area contributed by atoms with Crippen molar-refractivity contribution in [2.24, 2.45) is 0 Å². The second-order valence-electron chi connectivity index (χ2n) is 6.56. The maximum atomic E-state index is 12.7. The third kappa shape index (κ3) is 5.19. The Bertz CT molecular complexity index is 929. The van der Waals surface area contributed by atoms with Crippen molar-refractivity contribution >= 4 is 35.1 Å². The van der Waals surface area contributed by atoms with Gasteiger partial charge in [-0.25, -0.2) is 0 Å². The van der Waals surface area contributed by atoms with Crippen LogP contribution in [0, 0.1) is 0 Å². The molecular formula is C21H21N3O5. The monoisotopic (exact) mass is 395 g/mol. The summed E-state index contributed by atoms with van der Waals surface area (Å²) in [6.07, 6.45) is -0.963. The number of esters is 1. The van der Waals surface area contributed by atoms with Crippen molar-refractivity contribution in [3.05, 3.63) is 60.2 Å². The van der Waals surface area contributed by atoms with E-state index in [1.54, 1.807) is 24.3 Å². The van der Waals surface area contributed by atoms with Gasteiger partial charge in [-0.05, 0) is 24.6 Å². The molecule has 1 atom stereocenters. The van der Waals surface area contributed by atoms with Gasteiger partial charge >= 0.3 is 5.97 Å². The normalized spacial score (nSPS) is 13.7. The van der Waals surface area contributed by atoms with E-state index in [2.05, 4.69) is 10.6 Å². The minimum Gasteiger partial charge on any atom is -0.451 e. The average molecular weight is 395 g/mol. The number of hydrogen-bond acceptors (Lipinski definition) is 5. The highest BCUT2D eigenvalue weighted by molar-refractivity contribution is 6.11. The Morgan fingerprint density at radius 2 is 1.79 bits per heavy atom. The third-order valence-electron chi connectivity index (χ3n) is 4.33. The molecule has 1 aliphatic heterocycles. The molecule has 0 saturated carbocycles. The van der Waals surface area contributed by atoms with Crippen LogP contribution >= 0.6 is 0 Å². The van der Waals surface area contributed by atoms with Gasteiger partial charge in [0.15, 0.2) is 6.10 Å². The van der Waals surface area contributed by atoms with E-state index in [-0.39, 0.29) is 31.3 Å². The number of hydrogen-bond donors (Lipinski definition) is 2. The van der Waals surface area contributed by atoms with E-state index in [1.807, 2.05) is 30.3 Å². The zero-order chi connectivity index (χ0) is 20.8. The fourth-order valence-electron chi connectivity index (χ4n) is 2.95. The zero-order valence-electron chi connectivity index (χ0n) is 15.9. The fourth-order valence-corrected chi connectivity index (χ4v) is 2.95. The molecule has 8 nitrogen and oxygen atoms in total. The van der Waals surface area contributed by atoms with Crippen LogP contribution < -0.4 is 15.5 Å². The summed E-state index contributed by atoms with van der Waals surface area (Å²) in [5, 5.41) is 5.16. The summed E-state index contributed by atoms with van der Waals surface area (Å²) in [6.45, 7) is 0.924. The Balaban J connectivity index is 1.52. The number of para-hydroxylation sites is 2. The predicted octanol–water partition coefficient (Wildman–Crippen LogP) is 1.26. The standard InChI is InChI=1S/C21H21N3O5/c1-14(21(28)24-13-19(26)23-16-9-5-6-10-17(16)24)29-20(27)12-22-18(25)11-15-7-3-2-4-8-15/h2-10,14H,11-13H2,1H3,(H,22,25)(H,23,26)/t14-/m0/s1. The predicted molar refractivity (Wildman–Crippen MR) is 106 cm³/mol. The summed E-state index contributed by atoms with van der Waals surface area (Å²) in [7, 11) is 0. The molecule has 0 unspecified atom stereocenters. The molecule has 2 aromatic carbocycles. The average Bonchev–Trinajstić information content (AvgIpc) is 2.71. The summed E-state index contributed by atoms with van der Waals surface area (Å²) < 4.78 is 5.14. The Hall–Kier alpha value is -3.68. The molecule has 0 bridgehead atoms. The Labute approximate surface area is 167 Å². The first-order chi connectivity index (χ1) is 13.9. The van der Waals surface area contributed by atoms with Gasteiger partial charge < -0.3 is 15.4 Å². The highest BCUT2D eigenvalue weighted by Crippen LogP contribution is 2.29. The number of nitrogens with one attached hydrogen (secondary N) is 2. The highest BCUT2D eigenvalue weighted by Gasteiger charge is 2.31. The molecule has 0 radical (unpaired) electrons. The number of anilines is 2. The molecular weight excluding hydrogens is 374 g/mol. The zero-order valence-corrected chi connectivity index (χ0v) is 15.9. The molecule has 150 valence electrons. The van der Waals surface area contributed by atoms with Crippen LogP contribution in [0.3, 0.4) is 0 Å². The van der Waals surface area contributed by atoms with Gasteiger partial charge in [0.2, 0.25) is 11.8 Å². The molecule has 0 aromatic heterocycles. The van der Waals surface area contributed by atoms with Crippen molar-refractivity contribution in [1.29, 1.82) is 0 Å². The molecule has 0 saturated heterocycles. The first-order valence-electron chi connectivity index (χ1n) is 9.14. The number of benzene rings is 2. The van der Waals surface area contributed by atoms with Gasteiger partial charge in [-0.1, -0.05) is 42.5 Å². The van der Waals surface area contributed by atoms with Gasteiger partial charge in [-0.15, -0.1) is 0 Å². The summed E-state index contributed by atoms with van der Waals surface area (Å²) in [4.78, 5) is 49.8. The molecule has 3 amide bonds. The first-order valence-corrected chi connectivity index (χ1v) is 9.14. The van der Waals surface area contributed by atoms with E-state index < -0.39 is 18.0 Å². The van der Waals surface area contributed by atoms with Crippen LogP contribution in [-0.4, -0.2) is 42.9 Å². The minimum atomic E-state index is -1.10. The van der Waals surface area contributed by atoms with Crippen LogP contribution in [0.15, 0.2) is 54.6 Å². The van der Waals surface area contributed by atoms with E-state index in [0.717, 1.165) is 5.56 Å². The fraction of sp³-hybridized carbons (Fsp3) is 0.238. The molecule has 3 rings (SSSR count). The van der Waals surface area contributed by atoms with Crippen molar-refractivity contribution in [1.82, 2.24) is 5.32 Å².